The van der Waals surface area contributed by atoms with Crippen LogP contribution in [0.2, 0.25) is 0 Å². The van der Waals surface area contributed by atoms with E-state index in [1.807, 2.05) is 6.08 Å². The van der Waals surface area contributed by atoms with Gasteiger partial charge < -0.3 is 20.8 Å². The molecule has 2 amide bonds. The molecule has 2 bridgehead atoms. The number of methoxy groups -OCH3 is 1. The summed E-state index contributed by atoms with van der Waals surface area (Å²) in [7, 11) is 1.28. The van der Waals surface area contributed by atoms with Crippen LogP contribution in [0.25, 0.3) is 11.3 Å². The fraction of sp³-hybridized carbons (Fsp3) is 0.235. The van der Waals surface area contributed by atoms with Crippen molar-refractivity contribution in [1.82, 2.24) is 9.97 Å². The highest BCUT2D eigenvalue weighted by molar-refractivity contribution is 5.97. The quantitative estimate of drug-likeness (QED) is 0.594. The molecule has 130 valence electrons. The van der Waals surface area contributed by atoms with E-state index >= 15 is 0 Å². The summed E-state index contributed by atoms with van der Waals surface area (Å²) < 4.78 is 4.59. The topological polar surface area (TPSA) is 122 Å². The Labute approximate surface area is 144 Å². The van der Waals surface area contributed by atoms with E-state index in [2.05, 4.69) is 25.3 Å². The zero-order valence-electron chi connectivity index (χ0n) is 13.7. The van der Waals surface area contributed by atoms with Crippen LogP contribution >= 0.6 is 0 Å². The van der Waals surface area contributed by atoms with Gasteiger partial charge in [0.1, 0.15) is 5.82 Å². The summed E-state index contributed by atoms with van der Waals surface area (Å²) in [6.07, 6.45) is 5.63. The van der Waals surface area contributed by atoms with Crippen molar-refractivity contribution in [2.45, 2.75) is 18.9 Å². The number of hydrogen-bond acceptors (Lipinski definition) is 5. The Morgan fingerprint density at radius 3 is 3.04 bits per heavy atom. The van der Waals surface area contributed by atoms with Gasteiger partial charge in [-0.25, -0.2) is 9.78 Å². The van der Waals surface area contributed by atoms with Gasteiger partial charge in [-0.3, -0.25) is 10.1 Å². The number of aromatic nitrogens is 2. The van der Waals surface area contributed by atoms with Crippen LogP contribution in [-0.2, 0) is 9.53 Å². The number of nitrogens with two attached hydrogens (primary N) is 1. The summed E-state index contributed by atoms with van der Waals surface area (Å²) in [6, 6.07) is 4.88. The Balaban J connectivity index is 2.03. The Bertz CT molecular complexity index is 827. The third-order valence-electron chi connectivity index (χ3n) is 3.81. The number of hydrogen-bond donors (Lipinski definition) is 4. The second kappa shape index (κ2) is 7.18. The molecule has 25 heavy (non-hydrogen) atoms. The smallest absolute Gasteiger partial charge is 0.411 e. The lowest BCUT2D eigenvalue weighted by Crippen LogP contribution is -2.14. The molecule has 1 aromatic heterocycles. The SMILES string of the molecule is COC(=O)Nc1ccc2c(c1)NC(=O)C/C=C/C[C@H](N)c1nc-2c[nH]1. The molecule has 1 aliphatic heterocycles. The van der Waals surface area contributed by atoms with Crippen LogP contribution in [0, 0.1) is 0 Å². The number of benzene rings is 1. The van der Waals surface area contributed by atoms with E-state index in [1.165, 1.54) is 7.11 Å². The molecule has 3 rings (SSSR count). The van der Waals surface area contributed by atoms with Crippen molar-refractivity contribution in [3.63, 3.8) is 0 Å². The Morgan fingerprint density at radius 1 is 1.40 bits per heavy atom. The number of H-pyrrole nitrogens is 1. The summed E-state index contributed by atoms with van der Waals surface area (Å²) in [5.41, 5.74) is 8.53. The summed E-state index contributed by atoms with van der Waals surface area (Å²) in [4.78, 5) is 31.2. The molecule has 0 radical (unpaired) electrons. The Kier molecular flexibility index (Phi) is 4.80. The van der Waals surface area contributed by atoms with Gasteiger partial charge in [-0.05, 0) is 24.6 Å². The lowest BCUT2D eigenvalue weighted by atomic mass is 10.1. The van der Waals surface area contributed by atoms with Crippen molar-refractivity contribution in [3.8, 4) is 11.3 Å². The molecule has 0 saturated heterocycles. The maximum absolute atomic E-state index is 12.2. The summed E-state index contributed by atoms with van der Waals surface area (Å²) in [5, 5.41) is 5.43. The van der Waals surface area contributed by atoms with E-state index in [0.717, 1.165) is 5.56 Å². The van der Waals surface area contributed by atoms with Gasteiger partial charge in [-0.2, -0.15) is 0 Å². The zero-order valence-corrected chi connectivity index (χ0v) is 13.7. The summed E-state index contributed by atoms with van der Waals surface area (Å²) in [6.45, 7) is 0. The standard InChI is InChI=1S/C17H19N5O3/c1-25-17(24)20-10-6-7-11-13(8-10)21-15(23)5-3-2-4-12(18)16-19-9-14(11)22-16/h2-3,6-9,12H,4-5,18H2,1H3,(H,19,22)(H,20,24)(H,21,23)/b3-2+/t12-/m0/s1. The number of carbonyl (C=O) groups excluding carboxylic acids is 2. The monoisotopic (exact) mass is 341 g/mol. The molecule has 8 nitrogen and oxygen atoms in total. The van der Waals surface area contributed by atoms with Crippen LogP contribution in [0.5, 0.6) is 0 Å². The maximum atomic E-state index is 12.2. The number of amides is 2. The van der Waals surface area contributed by atoms with E-state index < -0.39 is 6.09 Å². The Morgan fingerprint density at radius 2 is 2.24 bits per heavy atom. The molecule has 1 atom stereocenters. The highest BCUT2D eigenvalue weighted by Gasteiger charge is 2.16. The van der Waals surface area contributed by atoms with Crippen LogP contribution in [-0.4, -0.2) is 29.1 Å². The number of carbonyl (C=O) groups is 2. The van der Waals surface area contributed by atoms with Gasteiger partial charge in [0.05, 0.1) is 24.5 Å². The van der Waals surface area contributed by atoms with Crippen molar-refractivity contribution in [3.05, 3.63) is 42.4 Å². The predicted molar refractivity (Wildman–Crippen MR) is 94.0 cm³/mol. The Hall–Kier alpha value is -3.13. The lowest BCUT2D eigenvalue weighted by Gasteiger charge is -2.13. The van der Waals surface area contributed by atoms with Crippen molar-refractivity contribution in [2.24, 2.45) is 5.73 Å². The van der Waals surface area contributed by atoms with Crippen LogP contribution < -0.4 is 16.4 Å². The highest BCUT2D eigenvalue weighted by atomic mass is 16.5. The number of fused-ring (bicyclic) bond motifs is 4. The first-order valence-corrected chi connectivity index (χ1v) is 7.82. The van der Waals surface area contributed by atoms with E-state index in [0.29, 0.717) is 29.3 Å². The first kappa shape index (κ1) is 16.7. The third kappa shape index (κ3) is 3.86. The number of rotatable bonds is 1. The van der Waals surface area contributed by atoms with Crippen molar-refractivity contribution in [2.75, 3.05) is 17.7 Å². The fourth-order valence-corrected chi connectivity index (χ4v) is 2.53. The number of nitrogens with zero attached hydrogens (tertiary/aromatic N) is 1. The second-order valence-electron chi connectivity index (χ2n) is 5.61. The van der Waals surface area contributed by atoms with Gasteiger partial charge in [-0.1, -0.05) is 12.2 Å². The van der Waals surface area contributed by atoms with Gasteiger partial charge in [0.2, 0.25) is 5.91 Å². The fourth-order valence-electron chi connectivity index (χ4n) is 2.53. The van der Waals surface area contributed by atoms with E-state index in [9.17, 15) is 9.59 Å². The minimum atomic E-state index is -0.588. The van der Waals surface area contributed by atoms with Gasteiger partial charge >= 0.3 is 6.09 Å². The van der Waals surface area contributed by atoms with Crippen LogP contribution in [0.1, 0.15) is 24.7 Å². The molecule has 0 spiro atoms. The zero-order chi connectivity index (χ0) is 17.8. The normalized spacial score (nSPS) is 18.2. The molecule has 8 heteroatoms. The van der Waals surface area contributed by atoms with E-state index in [-0.39, 0.29) is 18.4 Å². The molecule has 2 heterocycles. The molecular formula is C17H19N5O3. The number of aromatic amines is 1. The minimum absolute atomic E-state index is 0.169. The van der Waals surface area contributed by atoms with E-state index in [4.69, 9.17) is 5.73 Å². The number of nitrogens with one attached hydrogen (secondary N) is 3. The molecule has 0 fully saturated rings. The van der Waals surface area contributed by atoms with Crippen molar-refractivity contribution in [1.29, 1.82) is 0 Å². The second-order valence-corrected chi connectivity index (χ2v) is 5.61. The average molecular weight is 341 g/mol. The third-order valence-corrected chi connectivity index (χ3v) is 3.81. The van der Waals surface area contributed by atoms with Crippen LogP contribution in [0.3, 0.4) is 0 Å². The first-order valence-electron chi connectivity index (χ1n) is 7.82. The van der Waals surface area contributed by atoms with E-state index in [1.54, 1.807) is 30.5 Å². The van der Waals surface area contributed by atoms with Crippen LogP contribution in [0.15, 0.2) is 36.5 Å². The van der Waals surface area contributed by atoms with Crippen LogP contribution in [0.4, 0.5) is 16.2 Å². The molecule has 5 N–H and O–H groups in total. The molecular weight excluding hydrogens is 322 g/mol. The summed E-state index contributed by atoms with van der Waals surface area (Å²) in [5.74, 6) is 0.506. The number of imidazole rings is 1. The molecule has 0 unspecified atom stereocenters. The molecule has 2 aromatic rings. The van der Waals surface area contributed by atoms with Crippen molar-refractivity contribution < 1.29 is 14.3 Å². The van der Waals surface area contributed by atoms with Crippen molar-refractivity contribution >= 4 is 23.4 Å². The molecule has 1 aliphatic rings. The largest absolute Gasteiger partial charge is 0.453 e. The molecule has 0 saturated carbocycles. The van der Waals surface area contributed by atoms with Gasteiger partial charge in [0.25, 0.3) is 0 Å². The summed E-state index contributed by atoms with van der Waals surface area (Å²) >= 11 is 0. The lowest BCUT2D eigenvalue weighted by molar-refractivity contribution is -0.115. The number of anilines is 2. The minimum Gasteiger partial charge on any atom is -0.453 e. The highest BCUT2D eigenvalue weighted by Crippen LogP contribution is 2.31. The maximum Gasteiger partial charge on any atom is 0.411 e. The molecule has 0 aliphatic carbocycles. The van der Waals surface area contributed by atoms with Gasteiger partial charge in [-0.15, -0.1) is 0 Å². The van der Waals surface area contributed by atoms with Gasteiger partial charge in [0, 0.05) is 23.9 Å². The average Bonchev–Trinajstić information content (AvgIpc) is 3.08. The molecule has 1 aromatic carbocycles. The van der Waals surface area contributed by atoms with Gasteiger partial charge in [0.15, 0.2) is 0 Å². The first-order chi connectivity index (χ1) is 12.1. The number of ether oxygens (including phenoxy) is 1. The predicted octanol–water partition coefficient (Wildman–Crippen LogP) is 2.54.